The van der Waals surface area contributed by atoms with E-state index in [4.69, 9.17) is 11.0 Å². The summed E-state index contributed by atoms with van der Waals surface area (Å²) in [5, 5.41) is 18.2. The van der Waals surface area contributed by atoms with E-state index in [-0.39, 0.29) is 5.82 Å². The molecule has 0 atom stereocenters. The van der Waals surface area contributed by atoms with E-state index >= 15 is 0 Å². The quantitative estimate of drug-likeness (QED) is 0.783. The Morgan fingerprint density at radius 1 is 0.957 bits per heavy atom. The minimum absolute atomic E-state index is 0.174. The fourth-order valence-corrected chi connectivity index (χ4v) is 2.30. The van der Waals surface area contributed by atoms with Gasteiger partial charge in [-0.2, -0.15) is 10.5 Å². The van der Waals surface area contributed by atoms with Crippen LogP contribution in [0, 0.1) is 22.7 Å². The van der Waals surface area contributed by atoms with Crippen LogP contribution in [0.4, 0.5) is 5.82 Å². The van der Waals surface area contributed by atoms with Gasteiger partial charge in [-0.25, -0.2) is 4.98 Å². The van der Waals surface area contributed by atoms with Gasteiger partial charge in [0.1, 0.15) is 17.5 Å². The van der Waals surface area contributed by atoms with Gasteiger partial charge in [-0.3, -0.25) is 4.98 Å². The van der Waals surface area contributed by atoms with Crippen molar-refractivity contribution in [3.63, 3.8) is 0 Å². The number of nitriles is 2. The van der Waals surface area contributed by atoms with Crippen LogP contribution in [0.25, 0.3) is 22.4 Å². The second kappa shape index (κ2) is 5.97. The van der Waals surface area contributed by atoms with Crippen LogP contribution >= 0.6 is 0 Å². The summed E-state index contributed by atoms with van der Waals surface area (Å²) in [6, 6.07) is 16.7. The van der Waals surface area contributed by atoms with Crippen LogP contribution < -0.4 is 5.73 Å². The van der Waals surface area contributed by atoms with E-state index in [9.17, 15) is 5.26 Å². The molecule has 0 bridgehead atoms. The van der Waals surface area contributed by atoms with Gasteiger partial charge >= 0.3 is 0 Å². The highest BCUT2D eigenvalue weighted by Crippen LogP contribution is 2.30. The van der Waals surface area contributed by atoms with Crippen LogP contribution in [0.5, 0.6) is 0 Å². The molecule has 0 fully saturated rings. The van der Waals surface area contributed by atoms with Gasteiger partial charge < -0.3 is 5.73 Å². The monoisotopic (exact) mass is 297 g/mol. The molecular weight excluding hydrogens is 286 g/mol. The highest BCUT2D eigenvalue weighted by atomic mass is 14.8. The normalized spacial score (nSPS) is 9.83. The number of nitrogens with zero attached hydrogens (tertiary/aromatic N) is 4. The molecule has 5 nitrogen and oxygen atoms in total. The van der Waals surface area contributed by atoms with Crippen LogP contribution in [0.3, 0.4) is 0 Å². The molecule has 0 aliphatic heterocycles. The number of nitrogens with two attached hydrogens (primary N) is 1. The molecule has 0 aliphatic rings. The van der Waals surface area contributed by atoms with Crippen LogP contribution in [0.15, 0.2) is 54.9 Å². The van der Waals surface area contributed by atoms with Gasteiger partial charge in [0.15, 0.2) is 0 Å². The fraction of sp³-hybridized carbons (Fsp3) is 0. The van der Waals surface area contributed by atoms with Gasteiger partial charge in [0.2, 0.25) is 0 Å². The molecule has 108 valence electrons. The molecule has 3 rings (SSSR count). The van der Waals surface area contributed by atoms with Crippen molar-refractivity contribution < 1.29 is 0 Å². The zero-order chi connectivity index (χ0) is 16.2. The molecule has 0 unspecified atom stereocenters. The first-order valence-corrected chi connectivity index (χ1v) is 6.84. The lowest BCUT2D eigenvalue weighted by Gasteiger charge is -2.10. The third kappa shape index (κ3) is 2.72. The predicted octanol–water partition coefficient (Wildman–Crippen LogP) is 3.14. The Bertz CT molecular complexity index is 932. The maximum atomic E-state index is 9.36. The van der Waals surface area contributed by atoms with Gasteiger partial charge in [-0.15, -0.1) is 0 Å². The molecule has 0 spiro atoms. The van der Waals surface area contributed by atoms with Gasteiger partial charge in [0.25, 0.3) is 0 Å². The smallest absolute Gasteiger partial charge is 0.142 e. The van der Waals surface area contributed by atoms with Crippen molar-refractivity contribution in [2.24, 2.45) is 0 Å². The first-order chi connectivity index (χ1) is 11.2. The van der Waals surface area contributed by atoms with Crippen molar-refractivity contribution in [3.8, 4) is 34.5 Å². The largest absolute Gasteiger partial charge is 0.383 e. The first-order valence-electron chi connectivity index (χ1n) is 6.84. The van der Waals surface area contributed by atoms with Crippen molar-refractivity contribution in [3.05, 3.63) is 66.0 Å². The molecular formula is C18H11N5. The average Bonchev–Trinajstić information content (AvgIpc) is 2.62. The standard InChI is InChI=1S/C18H11N5/c19-9-12-3-5-13(6-4-12)17-8-15(14-2-1-7-22-11-14)16(10-20)18(21)23-17/h1-8,11H,(H2,21,23). The summed E-state index contributed by atoms with van der Waals surface area (Å²) in [5.41, 5.74) is 9.81. The molecule has 0 radical (unpaired) electrons. The van der Waals surface area contributed by atoms with Crippen molar-refractivity contribution >= 4 is 5.82 Å². The average molecular weight is 297 g/mol. The van der Waals surface area contributed by atoms with Gasteiger partial charge in [0.05, 0.1) is 17.3 Å². The summed E-state index contributed by atoms with van der Waals surface area (Å²) in [5.74, 6) is 0.174. The second-order valence-electron chi connectivity index (χ2n) is 4.86. The topological polar surface area (TPSA) is 99.4 Å². The Kier molecular flexibility index (Phi) is 3.70. The molecule has 23 heavy (non-hydrogen) atoms. The maximum absolute atomic E-state index is 9.36. The number of anilines is 1. The molecule has 2 heterocycles. The molecule has 0 amide bonds. The molecule has 0 saturated carbocycles. The van der Waals surface area contributed by atoms with E-state index < -0.39 is 0 Å². The number of hydrogen-bond donors (Lipinski definition) is 1. The number of nitrogen functional groups attached to an aromatic ring is 1. The lowest BCUT2D eigenvalue weighted by atomic mass is 9.99. The first kappa shape index (κ1) is 14.2. The number of rotatable bonds is 2. The number of hydrogen-bond acceptors (Lipinski definition) is 5. The van der Waals surface area contributed by atoms with E-state index in [0.29, 0.717) is 22.4 Å². The molecule has 5 heteroatoms. The Morgan fingerprint density at radius 2 is 1.74 bits per heavy atom. The third-order valence-corrected chi connectivity index (χ3v) is 3.44. The number of benzene rings is 1. The van der Waals surface area contributed by atoms with Crippen LogP contribution in [-0.4, -0.2) is 9.97 Å². The van der Waals surface area contributed by atoms with Gasteiger partial charge in [0, 0.05) is 29.1 Å². The molecule has 0 aliphatic carbocycles. The summed E-state index contributed by atoms with van der Waals surface area (Å²) in [6.45, 7) is 0. The zero-order valence-corrected chi connectivity index (χ0v) is 12.1. The lowest BCUT2D eigenvalue weighted by Crippen LogP contribution is -2.00. The molecule has 0 saturated heterocycles. The van der Waals surface area contributed by atoms with Crippen molar-refractivity contribution in [2.75, 3.05) is 5.73 Å². The highest BCUT2D eigenvalue weighted by Gasteiger charge is 2.13. The Hall–Kier alpha value is -3.70. The Labute approximate surface area is 133 Å². The summed E-state index contributed by atoms with van der Waals surface area (Å²) in [7, 11) is 0. The lowest BCUT2D eigenvalue weighted by molar-refractivity contribution is 1.29. The van der Waals surface area contributed by atoms with Crippen LogP contribution in [-0.2, 0) is 0 Å². The van der Waals surface area contributed by atoms with Crippen LogP contribution in [0.1, 0.15) is 11.1 Å². The minimum Gasteiger partial charge on any atom is -0.383 e. The summed E-state index contributed by atoms with van der Waals surface area (Å²) in [4.78, 5) is 8.39. The van der Waals surface area contributed by atoms with E-state index in [2.05, 4.69) is 22.1 Å². The van der Waals surface area contributed by atoms with Gasteiger partial charge in [-0.05, 0) is 24.3 Å². The Morgan fingerprint density at radius 3 is 2.35 bits per heavy atom. The highest BCUT2D eigenvalue weighted by molar-refractivity contribution is 5.79. The number of aromatic nitrogens is 2. The van der Waals surface area contributed by atoms with E-state index in [1.54, 1.807) is 42.7 Å². The summed E-state index contributed by atoms with van der Waals surface area (Å²) < 4.78 is 0. The van der Waals surface area contributed by atoms with Crippen molar-refractivity contribution in [1.82, 2.24) is 9.97 Å². The minimum atomic E-state index is 0.174. The van der Waals surface area contributed by atoms with E-state index in [1.807, 2.05) is 12.1 Å². The number of pyridine rings is 2. The SMILES string of the molecule is N#Cc1ccc(-c2cc(-c3cccnc3)c(C#N)c(N)n2)cc1. The molecule has 3 aromatic rings. The third-order valence-electron chi connectivity index (χ3n) is 3.44. The zero-order valence-electron chi connectivity index (χ0n) is 12.1. The summed E-state index contributed by atoms with van der Waals surface area (Å²) >= 11 is 0. The fourth-order valence-electron chi connectivity index (χ4n) is 2.30. The van der Waals surface area contributed by atoms with E-state index in [0.717, 1.165) is 11.1 Å². The van der Waals surface area contributed by atoms with Gasteiger partial charge in [-0.1, -0.05) is 18.2 Å². The van der Waals surface area contributed by atoms with Crippen molar-refractivity contribution in [1.29, 1.82) is 10.5 Å². The molecule has 1 aromatic carbocycles. The van der Waals surface area contributed by atoms with E-state index in [1.165, 1.54) is 0 Å². The maximum Gasteiger partial charge on any atom is 0.142 e. The molecule has 2 N–H and O–H groups in total. The second-order valence-corrected chi connectivity index (χ2v) is 4.86. The summed E-state index contributed by atoms with van der Waals surface area (Å²) in [6.07, 6.45) is 3.35. The Balaban J connectivity index is 2.19. The van der Waals surface area contributed by atoms with Crippen molar-refractivity contribution in [2.45, 2.75) is 0 Å². The predicted molar refractivity (Wildman–Crippen MR) is 86.7 cm³/mol. The molecule has 2 aromatic heterocycles. The van der Waals surface area contributed by atoms with Crippen LogP contribution in [0.2, 0.25) is 0 Å².